The van der Waals surface area contributed by atoms with E-state index in [1.807, 2.05) is 0 Å². The lowest BCUT2D eigenvalue weighted by Gasteiger charge is -2.22. The summed E-state index contributed by atoms with van der Waals surface area (Å²) in [4.78, 5) is 2.47. The summed E-state index contributed by atoms with van der Waals surface area (Å²) in [6, 6.07) is 6.42. The molecule has 0 atom stereocenters. The number of hydrogen-bond acceptors (Lipinski definition) is 2. The van der Waals surface area contributed by atoms with Gasteiger partial charge >= 0.3 is 0 Å². The van der Waals surface area contributed by atoms with E-state index in [1.165, 1.54) is 41.7 Å². The first-order valence-electron chi connectivity index (χ1n) is 5.55. The highest BCUT2D eigenvalue weighted by Crippen LogP contribution is 2.30. The molecule has 0 saturated carbocycles. The molecule has 0 bridgehead atoms. The molecule has 1 heterocycles. The third kappa shape index (κ3) is 2.34. The summed E-state index contributed by atoms with van der Waals surface area (Å²) in [5.41, 5.74) is 8.39. The molecule has 1 fully saturated rings. The van der Waals surface area contributed by atoms with Crippen molar-refractivity contribution in [2.24, 2.45) is 5.73 Å². The highest BCUT2D eigenvalue weighted by Gasteiger charge is 2.16. The highest BCUT2D eigenvalue weighted by atomic mass is 79.9. The van der Waals surface area contributed by atoms with Crippen LogP contribution in [0.25, 0.3) is 0 Å². The van der Waals surface area contributed by atoms with Crippen molar-refractivity contribution in [3.05, 3.63) is 28.2 Å². The van der Waals surface area contributed by atoms with Crippen LogP contribution >= 0.6 is 15.9 Å². The normalized spacial score (nSPS) is 16.0. The van der Waals surface area contributed by atoms with Crippen molar-refractivity contribution in [2.45, 2.75) is 19.3 Å². The van der Waals surface area contributed by atoms with Gasteiger partial charge in [-0.25, -0.2) is 0 Å². The first kappa shape index (κ1) is 11.0. The van der Waals surface area contributed by atoms with Gasteiger partial charge in [0.1, 0.15) is 0 Å². The molecule has 3 heteroatoms. The van der Waals surface area contributed by atoms with Crippen molar-refractivity contribution in [3.63, 3.8) is 0 Å². The Labute approximate surface area is 99.6 Å². The predicted molar refractivity (Wildman–Crippen MR) is 68.3 cm³/mol. The van der Waals surface area contributed by atoms with Crippen molar-refractivity contribution in [1.29, 1.82) is 0 Å². The Morgan fingerprint density at radius 2 is 2.00 bits per heavy atom. The van der Waals surface area contributed by atoms with Gasteiger partial charge in [0.2, 0.25) is 0 Å². The molecule has 1 aliphatic heterocycles. The first-order chi connectivity index (χ1) is 7.33. The minimum Gasteiger partial charge on any atom is -0.371 e. The highest BCUT2D eigenvalue weighted by molar-refractivity contribution is 9.10. The fourth-order valence-electron chi connectivity index (χ4n) is 2.19. The van der Waals surface area contributed by atoms with Crippen LogP contribution in [0.5, 0.6) is 0 Å². The van der Waals surface area contributed by atoms with Gasteiger partial charge in [-0.3, -0.25) is 0 Å². The Bertz CT molecular complexity index is 332. The SMILES string of the molecule is NCCc1c(Br)cccc1N1CCCC1. The van der Waals surface area contributed by atoms with Crippen LogP contribution in [0.2, 0.25) is 0 Å². The molecule has 1 saturated heterocycles. The van der Waals surface area contributed by atoms with Crippen molar-refractivity contribution in [2.75, 3.05) is 24.5 Å². The van der Waals surface area contributed by atoms with Gasteiger partial charge in [0.25, 0.3) is 0 Å². The van der Waals surface area contributed by atoms with E-state index in [0.717, 1.165) is 6.42 Å². The monoisotopic (exact) mass is 268 g/mol. The molecular formula is C12H17BrN2. The van der Waals surface area contributed by atoms with E-state index in [9.17, 15) is 0 Å². The number of benzene rings is 1. The summed E-state index contributed by atoms with van der Waals surface area (Å²) < 4.78 is 1.19. The Hall–Kier alpha value is -0.540. The maximum absolute atomic E-state index is 5.66. The number of nitrogens with two attached hydrogens (primary N) is 1. The Morgan fingerprint density at radius 3 is 2.67 bits per heavy atom. The zero-order valence-electron chi connectivity index (χ0n) is 8.88. The molecule has 1 aliphatic rings. The summed E-state index contributed by atoms with van der Waals surface area (Å²) in [6.45, 7) is 3.09. The van der Waals surface area contributed by atoms with Crippen LogP contribution in [0.4, 0.5) is 5.69 Å². The molecule has 0 unspecified atom stereocenters. The summed E-state index contributed by atoms with van der Waals surface area (Å²) >= 11 is 3.61. The van der Waals surface area contributed by atoms with Gasteiger partial charge in [-0.2, -0.15) is 0 Å². The molecule has 0 aromatic heterocycles. The second kappa shape index (κ2) is 4.99. The smallest absolute Gasteiger partial charge is 0.0410 e. The van der Waals surface area contributed by atoms with Crippen LogP contribution in [0.15, 0.2) is 22.7 Å². The van der Waals surface area contributed by atoms with E-state index in [2.05, 4.69) is 39.0 Å². The average Bonchev–Trinajstić information content (AvgIpc) is 2.74. The van der Waals surface area contributed by atoms with E-state index in [1.54, 1.807) is 0 Å². The van der Waals surface area contributed by atoms with Crippen molar-refractivity contribution in [1.82, 2.24) is 0 Å². The number of rotatable bonds is 3. The number of nitrogens with zero attached hydrogens (tertiary/aromatic N) is 1. The quantitative estimate of drug-likeness (QED) is 0.913. The minimum atomic E-state index is 0.712. The first-order valence-corrected chi connectivity index (χ1v) is 6.34. The standard InChI is InChI=1S/C12H17BrN2/c13-11-4-3-5-12(10(11)6-7-14)15-8-1-2-9-15/h3-5H,1-2,6-9,14H2. The maximum Gasteiger partial charge on any atom is 0.0410 e. The van der Waals surface area contributed by atoms with Crippen molar-refractivity contribution >= 4 is 21.6 Å². The summed E-state index contributed by atoms with van der Waals surface area (Å²) in [5.74, 6) is 0. The fourth-order valence-corrected chi connectivity index (χ4v) is 2.75. The molecule has 82 valence electrons. The zero-order chi connectivity index (χ0) is 10.7. The van der Waals surface area contributed by atoms with Crippen LogP contribution in [0, 0.1) is 0 Å². The topological polar surface area (TPSA) is 29.3 Å². The molecule has 2 N–H and O–H groups in total. The molecular weight excluding hydrogens is 252 g/mol. The fraction of sp³-hybridized carbons (Fsp3) is 0.500. The van der Waals surface area contributed by atoms with Crippen molar-refractivity contribution < 1.29 is 0 Å². The van der Waals surface area contributed by atoms with E-state index in [-0.39, 0.29) is 0 Å². The molecule has 0 radical (unpaired) electrons. The number of anilines is 1. The lowest BCUT2D eigenvalue weighted by molar-refractivity contribution is 0.914. The zero-order valence-corrected chi connectivity index (χ0v) is 10.5. The third-order valence-corrected chi connectivity index (χ3v) is 3.68. The third-order valence-electron chi connectivity index (χ3n) is 2.94. The van der Waals surface area contributed by atoms with Gasteiger partial charge < -0.3 is 10.6 Å². The number of hydrogen-bond donors (Lipinski definition) is 1. The Balaban J connectivity index is 2.31. The lowest BCUT2D eigenvalue weighted by atomic mass is 10.1. The molecule has 2 nitrogen and oxygen atoms in total. The van der Waals surface area contributed by atoms with Gasteiger partial charge in [0, 0.05) is 23.2 Å². The second-order valence-corrected chi connectivity index (χ2v) is 4.82. The van der Waals surface area contributed by atoms with Gasteiger partial charge in [0.05, 0.1) is 0 Å². The summed E-state index contributed by atoms with van der Waals surface area (Å²) in [5, 5.41) is 0. The largest absolute Gasteiger partial charge is 0.371 e. The molecule has 15 heavy (non-hydrogen) atoms. The van der Waals surface area contributed by atoms with Crippen LogP contribution in [0.1, 0.15) is 18.4 Å². The molecule has 0 aliphatic carbocycles. The van der Waals surface area contributed by atoms with Crippen LogP contribution in [-0.4, -0.2) is 19.6 Å². The van der Waals surface area contributed by atoms with E-state index in [0.29, 0.717) is 6.54 Å². The molecule has 0 amide bonds. The van der Waals surface area contributed by atoms with E-state index >= 15 is 0 Å². The van der Waals surface area contributed by atoms with Gasteiger partial charge in [-0.15, -0.1) is 0 Å². The van der Waals surface area contributed by atoms with Crippen LogP contribution in [-0.2, 0) is 6.42 Å². The number of halogens is 1. The average molecular weight is 269 g/mol. The van der Waals surface area contributed by atoms with Crippen LogP contribution in [0.3, 0.4) is 0 Å². The van der Waals surface area contributed by atoms with Crippen molar-refractivity contribution in [3.8, 4) is 0 Å². The Kier molecular flexibility index (Phi) is 3.65. The molecule has 0 spiro atoms. The van der Waals surface area contributed by atoms with E-state index in [4.69, 9.17) is 5.73 Å². The maximum atomic E-state index is 5.66. The summed E-state index contributed by atoms with van der Waals surface area (Å²) in [6.07, 6.45) is 3.58. The van der Waals surface area contributed by atoms with Crippen LogP contribution < -0.4 is 10.6 Å². The van der Waals surface area contributed by atoms with Gasteiger partial charge in [0.15, 0.2) is 0 Å². The molecule has 2 rings (SSSR count). The van der Waals surface area contributed by atoms with Gasteiger partial charge in [-0.1, -0.05) is 22.0 Å². The minimum absolute atomic E-state index is 0.712. The molecule has 1 aromatic rings. The predicted octanol–water partition coefficient (Wildman–Crippen LogP) is 2.55. The Morgan fingerprint density at radius 1 is 1.27 bits per heavy atom. The lowest BCUT2D eigenvalue weighted by Crippen LogP contribution is -2.20. The van der Waals surface area contributed by atoms with E-state index < -0.39 is 0 Å². The summed E-state index contributed by atoms with van der Waals surface area (Å²) in [7, 11) is 0. The second-order valence-electron chi connectivity index (χ2n) is 3.97. The molecule has 1 aromatic carbocycles. The van der Waals surface area contributed by atoms with Gasteiger partial charge in [-0.05, 0) is 43.5 Å².